The lowest BCUT2D eigenvalue weighted by Crippen LogP contribution is -2.42. The Balaban J connectivity index is 1.71. The first-order chi connectivity index (χ1) is 14.9. The summed E-state index contributed by atoms with van der Waals surface area (Å²) in [5.41, 5.74) is 0.874. The van der Waals surface area contributed by atoms with E-state index in [9.17, 15) is 13.2 Å². The Morgan fingerprint density at radius 3 is 2.84 bits per heavy atom. The van der Waals surface area contributed by atoms with Crippen molar-refractivity contribution in [3.05, 3.63) is 30.7 Å². The van der Waals surface area contributed by atoms with E-state index in [-0.39, 0.29) is 23.0 Å². The Kier molecular flexibility index (Phi) is 5.86. The maximum atomic E-state index is 13.0. The molecule has 4 rings (SSSR count). The zero-order valence-electron chi connectivity index (χ0n) is 17.2. The highest BCUT2D eigenvalue weighted by Gasteiger charge is 2.33. The molecule has 166 valence electrons. The summed E-state index contributed by atoms with van der Waals surface area (Å²) in [4.78, 5) is 6.51. The predicted molar refractivity (Wildman–Crippen MR) is 108 cm³/mol. The first kappa shape index (κ1) is 21.2. The van der Waals surface area contributed by atoms with Crippen molar-refractivity contribution in [3.63, 3.8) is 0 Å². The Bertz CT molecular complexity index is 1060. The lowest BCUT2D eigenvalue weighted by atomic mass is 10.1. The van der Waals surface area contributed by atoms with Crippen LogP contribution in [0.1, 0.15) is 19.8 Å². The van der Waals surface area contributed by atoms with Crippen LogP contribution in [0.3, 0.4) is 0 Å². The number of hydrogen-bond donors (Lipinski definition) is 1. The quantitative estimate of drug-likeness (QED) is 0.633. The van der Waals surface area contributed by atoms with Crippen molar-refractivity contribution < 1.29 is 22.6 Å². The van der Waals surface area contributed by atoms with E-state index in [2.05, 4.69) is 37.1 Å². The van der Waals surface area contributed by atoms with Crippen molar-refractivity contribution in [2.75, 3.05) is 32.1 Å². The molecule has 0 spiro atoms. The molecular weight excluding hydrogens is 413 g/mol. The lowest BCUT2D eigenvalue weighted by molar-refractivity contribution is -0.274. The number of piperidine rings is 1. The van der Waals surface area contributed by atoms with Crippen LogP contribution in [-0.2, 0) is 0 Å². The highest BCUT2D eigenvalue weighted by Crippen LogP contribution is 2.37. The van der Waals surface area contributed by atoms with Crippen molar-refractivity contribution in [2.24, 2.45) is 0 Å². The van der Waals surface area contributed by atoms with Crippen LogP contribution in [0.25, 0.3) is 16.8 Å². The number of benzene rings is 1. The van der Waals surface area contributed by atoms with Crippen LogP contribution in [0.2, 0.25) is 0 Å². The Morgan fingerprint density at radius 1 is 1.26 bits per heavy atom. The van der Waals surface area contributed by atoms with E-state index in [4.69, 9.17) is 4.74 Å². The number of imidazole rings is 1. The normalized spacial score (nSPS) is 17.6. The minimum Gasteiger partial charge on any atom is -0.497 e. The number of halogens is 3. The maximum Gasteiger partial charge on any atom is 0.573 e. The number of rotatable bonds is 6. The molecule has 11 heteroatoms. The van der Waals surface area contributed by atoms with Gasteiger partial charge in [0.15, 0.2) is 0 Å². The second kappa shape index (κ2) is 8.58. The molecule has 1 N–H and O–H groups in total. The van der Waals surface area contributed by atoms with Gasteiger partial charge < -0.3 is 19.7 Å². The minimum absolute atomic E-state index is 0.137. The van der Waals surface area contributed by atoms with Gasteiger partial charge in [-0.25, -0.2) is 4.98 Å². The zero-order chi connectivity index (χ0) is 22.0. The average Bonchev–Trinajstić information content (AvgIpc) is 3.24. The molecule has 3 aromatic rings. The number of nitrogens with one attached hydrogen (secondary N) is 1. The average molecular weight is 436 g/mol. The summed E-state index contributed by atoms with van der Waals surface area (Å²) in [5, 5.41) is 11.9. The van der Waals surface area contributed by atoms with Gasteiger partial charge in [0.2, 0.25) is 5.95 Å². The zero-order valence-corrected chi connectivity index (χ0v) is 17.2. The SMILES string of the molecule is CCN1CCC[C@@H](Nc2nnc(-c3ccc(OC)cc3OC(F)(F)F)c3cncn23)C1. The molecule has 1 aliphatic rings. The maximum absolute atomic E-state index is 13.0. The van der Waals surface area contributed by atoms with Gasteiger partial charge in [0.05, 0.1) is 18.8 Å². The van der Waals surface area contributed by atoms with Gasteiger partial charge in [-0.05, 0) is 38.1 Å². The van der Waals surface area contributed by atoms with E-state index in [1.165, 1.54) is 25.4 Å². The second-order valence-corrected chi connectivity index (χ2v) is 7.31. The number of likely N-dealkylation sites (N-methyl/N-ethyl adjacent to an activating group) is 1. The summed E-state index contributed by atoms with van der Waals surface area (Å²) < 4.78 is 49.9. The van der Waals surface area contributed by atoms with Gasteiger partial charge in [-0.2, -0.15) is 0 Å². The number of alkyl halides is 3. The second-order valence-electron chi connectivity index (χ2n) is 7.31. The van der Waals surface area contributed by atoms with Crippen LogP contribution in [0, 0.1) is 0 Å². The van der Waals surface area contributed by atoms with Crippen molar-refractivity contribution in [2.45, 2.75) is 32.2 Å². The fourth-order valence-corrected chi connectivity index (χ4v) is 3.80. The highest BCUT2D eigenvalue weighted by atomic mass is 19.4. The van der Waals surface area contributed by atoms with Crippen molar-refractivity contribution >= 4 is 11.5 Å². The van der Waals surface area contributed by atoms with Gasteiger partial charge in [-0.3, -0.25) is 4.40 Å². The van der Waals surface area contributed by atoms with Gasteiger partial charge in [0, 0.05) is 24.2 Å². The summed E-state index contributed by atoms with van der Waals surface area (Å²) in [7, 11) is 1.37. The third-order valence-corrected chi connectivity index (χ3v) is 5.31. The number of fused-ring (bicyclic) bond motifs is 1. The van der Waals surface area contributed by atoms with Gasteiger partial charge in [0.1, 0.15) is 23.5 Å². The van der Waals surface area contributed by atoms with E-state index in [1.807, 2.05) is 0 Å². The number of methoxy groups -OCH3 is 1. The molecule has 1 atom stereocenters. The molecular formula is C20H23F3N6O2. The first-order valence-electron chi connectivity index (χ1n) is 9.99. The first-order valence-corrected chi connectivity index (χ1v) is 9.99. The van der Waals surface area contributed by atoms with Gasteiger partial charge in [-0.15, -0.1) is 23.4 Å². The van der Waals surface area contributed by atoms with Crippen LogP contribution in [0.5, 0.6) is 11.5 Å². The summed E-state index contributed by atoms with van der Waals surface area (Å²) in [6, 6.07) is 4.38. The molecule has 1 aliphatic heterocycles. The largest absolute Gasteiger partial charge is 0.573 e. The molecule has 0 unspecified atom stereocenters. The number of anilines is 1. The Labute approximate surface area is 177 Å². The number of ether oxygens (including phenoxy) is 2. The fourth-order valence-electron chi connectivity index (χ4n) is 3.80. The third kappa shape index (κ3) is 4.66. The molecule has 0 amide bonds. The molecule has 3 heterocycles. The monoisotopic (exact) mass is 436 g/mol. The van der Waals surface area contributed by atoms with E-state index in [0.717, 1.165) is 32.5 Å². The topological polar surface area (TPSA) is 76.8 Å². The molecule has 0 bridgehead atoms. The molecule has 1 fully saturated rings. The lowest BCUT2D eigenvalue weighted by Gasteiger charge is -2.32. The molecule has 8 nitrogen and oxygen atoms in total. The van der Waals surface area contributed by atoms with Crippen LogP contribution in [-0.4, -0.2) is 63.6 Å². The Hall–Kier alpha value is -3.08. The summed E-state index contributed by atoms with van der Waals surface area (Å²) in [6.07, 6.45) is 0.311. The van der Waals surface area contributed by atoms with Crippen LogP contribution in [0.4, 0.5) is 19.1 Å². The summed E-state index contributed by atoms with van der Waals surface area (Å²) >= 11 is 0. The number of hydrogen-bond acceptors (Lipinski definition) is 7. The van der Waals surface area contributed by atoms with Gasteiger partial charge >= 0.3 is 6.36 Å². The Morgan fingerprint density at radius 2 is 2.10 bits per heavy atom. The number of aromatic nitrogens is 4. The number of nitrogens with zero attached hydrogens (tertiary/aromatic N) is 5. The summed E-state index contributed by atoms with van der Waals surface area (Å²) in [5.74, 6) is 0.304. The smallest absolute Gasteiger partial charge is 0.497 e. The molecule has 0 aliphatic carbocycles. The van der Waals surface area contributed by atoms with Crippen molar-refractivity contribution in [3.8, 4) is 22.8 Å². The van der Waals surface area contributed by atoms with Crippen LogP contribution in [0.15, 0.2) is 30.7 Å². The molecule has 0 saturated carbocycles. The van der Waals surface area contributed by atoms with Crippen molar-refractivity contribution in [1.82, 2.24) is 24.5 Å². The highest BCUT2D eigenvalue weighted by molar-refractivity contribution is 5.81. The van der Waals surface area contributed by atoms with Crippen molar-refractivity contribution in [1.29, 1.82) is 0 Å². The molecule has 0 radical (unpaired) electrons. The number of likely N-dealkylation sites (tertiary alicyclic amines) is 1. The van der Waals surface area contributed by atoms with E-state index in [0.29, 0.717) is 11.5 Å². The van der Waals surface area contributed by atoms with Gasteiger partial charge in [-0.1, -0.05) is 6.92 Å². The van der Waals surface area contributed by atoms with E-state index in [1.54, 1.807) is 16.8 Å². The summed E-state index contributed by atoms with van der Waals surface area (Å²) in [6.45, 7) is 5.06. The van der Waals surface area contributed by atoms with Gasteiger partial charge in [0.25, 0.3) is 0 Å². The van der Waals surface area contributed by atoms with E-state index >= 15 is 0 Å². The fraction of sp³-hybridized carbons (Fsp3) is 0.450. The molecule has 31 heavy (non-hydrogen) atoms. The standard InChI is InChI=1S/C20H23F3N6O2/c1-3-28-8-4-5-13(11-28)25-19-27-26-18(16-10-24-12-29(16)19)15-7-6-14(30-2)9-17(15)31-20(21,22)23/h6-7,9-10,12-13H,3-5,8,11H2,1-2H3,(H,25,27)/t13-/m1/s1. The molecule has 1 saturated heterocycles. The molecule has 1 aromatic carbocycles. The van der Waals surface area contributed by atoms with Crippen LogP contribution < -0.4 is 14.8 Å². The minimum atomic E-state index is -4.86. The van der Waals surface area contributed by atoms with Crippen LogP contribution >= 0.6 is 0 Å². The predicted octanol–water partition coefficient (Wildman–Crippen LogP) is 3.59. The third-order valence-electron chi connectivity index (χ3n) is 5.31. The molecule has 2 aromatic heterocycles. The van der Waals surface area contributed by atoms with E-state index < -0.39 is 12.1 Å².